The van der Waals surface area contributed by atoms with E-state index in [-0.39, 0.29) is 0 Å². The van der Waals surface area contributed by atoms with Crippen LogP contribution in [0.5, 0.6) is 0 Å². The minimum Gasteiger partial charge on any atom is -0.0993 e. The highest BCUT2D eigenvalue weighted by Crippen LogP contribution is 2.67. The molecule has 2 saturated carbocycles. The minimum atomic E-state index is 0.493. The smallest absolute Gasteiger partial charge is 0.00564 e. The van der Waals surface area contributed by atoms with Gasteiger partial charge in [0.15, 0.2) is 0 Å². The van der Waals surface area contributed by atoms with Crippen LogP contribution in [0.2, 0.25) is 0 Å². The Bertz CT molecular complexity index is 281. The fraction of sp³-hybridized carbons (Fsp3) is 0.875. The van der Waals surface area contributed by atoms with E-state index in [0.717, 1.165) is 11.8 Å². The van der Waals surface area contributed by atoms with Gasteiger partial charge in [-0.25, -0.2) is 0 Å². The van der Waals surface area contributed by atoms with Crippen LogP contribution in [0, 0.1) is 22.7 Å². The van der Waals surface area contributed by atoms with Crippen LogP contribution in [-0.2, 0) is 0 Å². The summed E-state index contributed by atoms with van der Waals surface area (Å²) in [6, 6.07) is 0. The van der Waals surface area contributed by atoms with Crippen molar-refractivity contribution in [3.8, 4) is 0 Å². The van der Waals surface area contributed by atoms with Crippen LogP contribution in [0.3, 0.4) is 0 Å². The first kappa shape index (κ1) is 12.2. The van der Waals surface area contributed by atoms with Gasteiger partial charge in [-0.05, 0) is 54.8 Å². The summed E-state index contributed by atoms with van der Waals surface area (Å²) < 4.78 is 0. The van der Waals surface area contributed by atoms with Gasteiger partial charge < -0.3 is 0 Å². The Morgan fingerprint density at radius 1 is 1.31 bits per heavy atom. The average molecular weight is 220 g/mol. The van der Waals surface area contributed by atoms with Crippen LogP contribution in [0.15, 0.2) is 12.2 Å². The topological polar surface area (TPSA) is 0 Å². The highest BCUT2D eigenvalue weighted by atomic mass is 14.6. The highest BCUT2D eigenvalue weighted by Gasteiger charge is 2.57. The van der Waals surface area contributed by atoms with Gasteiger partial charge in [-0.15, -0.1) is 0 Å². The lowest BCUT2D eigenvalue weighted by molar-refractivity contribution is 0.154. The lowest BCUT2D eigenvalue weighted by Gasteiger charge is -2.40. The normalized spacial score (nSPS) is 39.1. The van der Waals surface area contributed by atoms with Crippen molar-refractivity contribution in [2.45, 2.75) is 66.2 Å². The first-order chi connectivity index (χ1) is 7.40. The third-order valence-corrected chi connectivity index (χ3v) is 5.20. The van der Waals surface area contributed by atoms with Crippen LogP contribution >= 0.6 is 0 Å². The molecule has 2 fully saturated rings. The average Bonchev–Trinajstić information content (AvgIpc) is 2.84. The van der Waals surface area contributed by atoms with Gasteiger partial charge in [0.05, 0.1) is 0 Å². The zero-order valence-corrected chi connectivity index (χ0v) is 11.6. The molecule has 92 valence electrons. The second-order valence-corrected chi connectivity index (χ2v) is 7.26. The summed E-state index contributed by atoms with van der Waals surface area (Å²) in [7, 11) is 0. The molecule has 2 unspecified atom stereocenters. The summed E-state index contributed by atoms with van der Waals surface area (Å²) in [5, 5.41) is 0. The van der Waals surface area contributed by atoms with Crippen molar-refractivity contribution < 1.29 is 0 Å². The van der Waals surface area contributed by atoms with Crippen LogP contribution < -0.4 is 0 Å². The summed E-state index contributed by atoms with van der Waals surface area (Å²) in [5.41, 5.74) is 2.67. The Morgan fingerprint density at radius 3 is 2.56 bits per heavy atom. The van der Waals surface area contributed by atoms with Crippen LogP contribution in [-0.4, -0.2) is 0 Å². The number of hydrogen-bond acceptors (Lipinski definition) is 0. The molecule has 2 rings (SSSR count). The molecule has 2 aliphatic carbocycles. The van der Waals surface area contributed by atoms with E-state index in [1.165, 1.54) is 38.5 Å². The SMILES string of the molecule is C=C1CC[C@@H](C(C)(C)C)CC12CC2CCC. The second-order valence-electron chi connectivity index (χ2n) is 7.26. The van der Waals surface area contributed by atoms with Crippen LogP contribution in [0.4, 0.5) is 0 Å². The zero-order chi connectivity index (χ0) is 12.0. The third kappa shape index (κ3) is 1.96. The molecule has 2 aliphatic rings. The maximum atomic E-state index is 4.38. The summed E-state index contributed by atoms with van der Waals surface area (Å²) in [4.78, 5) is 0. The Kier molecular flexibility index (Phi) is 2.97. The van der Waals surface area contributed by atoms with Crippen molar-refractivity contribution in [3.05, 3.63) is 12.2 Å². The molecule has 0 heteroatoms. The van der Waals surface area contributed by atoms with Crippen LogP contribution in [0.1, 0.15) is 66.2 Å². The van der Waals surface area contributed by atoms with Crippen molar-refractivity contribution in [2.24, 2.45) is 22.7 Å². The fourth-order valence-corrected chi connectivity index (χ4v) is 3.81. The molecular weight excluding hydrogens is 192 g/mol. The monoisotopic (exact) mass is 220 g/mol. The molecule has 0 aliphatic heterocycles. The van der Waals surface area contributed by atoms with Crippen LogP contribution in [0.25, 0.3) is 0 Å². The largest absolute Gasteiger partial charge is 0.0993 e. The molecule has 1 spiro atoms. The van der Waals surface area contributed by atoms with E-state index >= 15 is 0 Å². The van der Waals surface area contributed by atoms with Crippen molar-refractivity contribution in [1.29, 1.82) is 0 Å². The molecule has 0 aromatic carbocycles. The quantitative estimate of drug-likeness (QED) is 0.561. The molecule has 0 aromatic heterocycles. The molecule has 0 radical (unpaired) electrons. The van der Waals surface area contributed by atoms with Gasteiger partial charge in [-0.1, -0.05) is 46.3 Å². The first-order valence-electron chi connectivity index (χ1n) is 7.08. The van der Waals surface area contributed by atoms with E-state index in [1.54, 1.807) is 5.57 Å². The molecule has 0 bridgehead atoms. The number of rotatable bonds is 2. The molecule has 0 amide bonds. The summed E-state index contributed by atoms with van der Waals surface area (Å²) in [6.45, 7) is 13.9. The maximum absolute atomic E-state index is 4.38. The van der Waals surface area contributed by atoms with E-state index < -0.39 is 0 Å². The Morgan fingerprint density at radius 2 is 2.00 bits per heavy atom. The van der Waals surface area contributed by atoms with E-state index in [9.17, 15) is 0 Å². The van der Waals surface area contributed by atoms with Gasteiger partial charge in [0.25, 0.3) is 0 Å². The van der Waals surface area contributed by atoms with Gasteiger partial charge in [-0.2, -0.15) is 0 Å². The molecule has 0 saturated heterocycles. The van der Waals surface area contributed by atoms with E-state index in [1.807, 2.05) is 0 Å². The molecule has 0 nitrogen and oxygen atoms in total. The lowest BCUT2D eigenvalue weighted by Crippen LogP contribution is -2.29. The predicted octanol–water partition coefficient (Wildman–Crippen LogP) is 5.20. The Labute approximate surface area is 102 Å². The molecule has 0 aromatic rings. The lowest BCUT2D eigenvalue weighted by atomic mass is 9.65. The standard InChI is InChI=1S/C16H28/c1-6-7-14-11-16(14)10-13(15(3,4)5)9-8-12(16)2/h13-14H,2,6-11H2,1,3-5H3/t13-,14?,16?/m1/s1. The summed E-state index contributed by atoms with van der Waals surface area (Å²) >= 11 is 0. The third-order valence-electron chi connectivity index (χ3n) is 5.20. The second kappa shape index (κ2) is 3.89. The van der Waals surface area contributed by atoms with Crippen molar-refractivity contribution in [3.63, 3.8) is 0 Å². The highest BCUT2D eigenvalue weighted by molar-refractivity contribution is 5.25. The molecule has 0 N–H and O–H groups in total. The minimum absolute atomic E-state index is 0.493. The van der Waals surface area contributed by atoms with Gasteiger partial charge in [0.1, 0.15) is 0 Å². The molecule has 3 atom stereocenters. The zero-order valence-electron chi connectivity index (χ0n) is 11.6. The molecule has 0 heterocycles. The number of hydrogen-bond donors (Lipinski definition) is 0. The van der Waals surface area contributed by atoms with E-state index in [0.29, 0.717) is 10.8 Å². The summed E-state index contributed by atoms with van der Waals surface area (Å²) in [5.74, 6) is 1.90. The van der Waals surface area contributed by atoms with Crippen molar-refractivity contribution in [2.75, 3.05) is 0 Å². The Hall–Kier alpha value is -0.260. The maximum Gasteiger partial charge on any atom is -0.00564 e. The van der Waals surface area contributed by atoms with Gasteiger partial charge in [0, 0.05) is 0 Å². The van der Waals surface area contributed by atoms with E-state index in [4.69, 9.17) is 0 Å². The number of allylic oxidation sites excluding steroid dienone is 1. The molecular formula is C16H28. The van der Waals surface area contributed by atoms with Crippen molar-refractivity contribution in [1.82, 2.24) is 0 Å². The molecule has 16 heavy (non-hydrogen) atoms. The Balaban J connectivity index is 2.06. The predicted molar refractivity (Wildman–Crippen MR) is 71.4 cm³/mol. The first-order valence-corrected chi connectivity index (χ1v) is 7.08. The van der Waals surface area contributed by atoms with E-state index in [2.05, 4.69) is 34.3 Å². The van der Waals surface area contributed by atoms with Gasteiger partial charge in [-0.3, -0.25) is 0 Å². The van der Waals surface area contributed by atoms with Gasteiger partial charge in [0.2, 0.25) is 0 Å². The van der Waals surface area contributed by atoms with Crippen molar-refractivity contribution >= 4 is 0 Å². The fourth-order valence-electron chi connectivity index (χ4n) is 3.81. The van der Waals surface area contributed by atoms with Gasteiger partial charge >= 0.3 is 0 Å². The summed E-state index contributed by atoms with van der Waals surface area (Å²) in [6.07, 6.45) is 8.33.